The van der Waals surface area contributed by atoms with Gasteiger partial charge in [-0.3, -0.25) is 4.79 Å². The fourth-order valence-corrected chi connectivity index (χ4v) is 3.01. The number of phenolic OH excluding ortho intramolecular Hbond substituents is 1. The topological polar surface area (TPSA) is 49.3 Å². The maximum atomic E-state index is 12.1. The predicted octanol–water partition coefficient (Wildman–Crippen LogP) is 4.46. The quantitative estimate of drug-likeness (QED) is 0.630. The molecule has 1 heterocycles. The van der Waals surface area contributed by atoms with Crippen LogP contribution in [0.4, 0.5) is 5.69 Å². The van der Waals surface area contributed by atoms with E-state index >= 15 is 0 Å². The third-order valence-electron chi connectivity index (χ3n) is 2.92. The molecule has 0 aliphatic heterocycles. The van der Waals surface area contributed by atoms with Crippen LogP contribution in [-0.2, 0) is 0 Å². The molecule has 0 spiro atoms. The summed E-state index contributed by atoms with van der Waals surface area (Å²) in [6.45, 7) is 0. The first-order chi connectivity index (χ1) is 9.63. The lowest BCUT2D eigenvalue weighted by Gasteiger charge is -2.06. The molecule has 5 heteroatoms. The predicted molar refractivity (Wildman–Crippen MR) is 90.6 cm³/mol. The van der Waals surface area contributed by atoms with Gasteiger partial charge in [0.1, 0.15) is 5.75 Å². The molecule has 3 nitrogen and oxygen atoms in total. The average Bonchev–Trinajstić information content (AvgIpc) is 2.89. The number of nitrogens with one attached hydrogen (secondary N) is 1. The van der Waals surface area contributed by atoms with Crippen molar-refractivity contribution in [3.63, 3.8) is 0 Å². The molecule has 0 bridgehead atoms. The summed E-state index contributed by atoms with van der Waals surface area (Å²) in [5.41, 5.74) is 1.19. The number of benzene rings is 2. The maximum absolute atomic E-state index is 12.1. The Bertz CT molecular complexity index is 797. The van der Waals surface area contributed by atoms with Crippen molar-refractivity contribution in [1.82, 2.24) is 0 Å². The number of fused-ring (bicyclic) bond motifs is 1. The van der Waals surface area contributed by atoms with Gasteiger partial charge in [-0.2, -0.15) is 0 Å². The van der Waals surface area contributed by atoms with Crippen molar-refractivity contribution >= 4 is 55.6 Å². The van der Waals surface area contributed by atoms with Crippen LogP contribution in [-0.4, -0.2) is 11.0 Å². The van der Waals surface area contributed by atoms with Gasteiger partial charge >= 0.3 is 0 Å². The zero-order valence-electron chi connectivity index (χ0n) is 10.3. The van der Waals surface area contributed by atoms with Crippen LogP contribution >= 0.6 is 33.9 Å². The van der Waals surface area contributed by atoms with Crippen molar-refractivity contribution in [1.29, 1.82) is 0 Å². The van der Waals surface area contributed by atoms with Crippen LogP contribution in [0.15, 0.2) is 47.8 Å². The lowest BCUT2D eigenvalue weighted by atomic mass is 10.2. The van der Waals surface area contributed by atoms with Crippen LogP contribution in [0.5, 0.6) is 5.75 Å². The van der Waals surface area contributed by atoms with Gasteiger partial charge in [-0.1, -0.05) is 0 Å². The van der Waals surface area contributed by atoms with Crippen molar-refractivity contribution in [3.8, 4) is 5.75 Å². The molecule has 0 saturated carbocycles. The maximum Gasteiger partial charge on any atom is 0.255 e. The fourth-order valence-electron chi connectivity index (χ4n) is 1.90. The molecule has 0 saturated heterocycles. The number of phenols is 1. The summed E-state index contributed by atoms with van der Waals surface area (Å²) in [7, 11) is 0. The van der Waals surface area contributed by atoms with Gasteiger partial charge in [0.2, 0.25) is 0 Å². The van der Waals surface area contributed by atoms with Crippen molar-refractivity contribution in [2.45, 2.75) is 0 Å². The summed E-state index contributed by atoms with van der Waals surface area (Å²) in [5.74, 6) is -0.113. The lowest BCUT2D eigenvalue weighted by Crippen LogP contribution is -2.11. The van der Waals surface area contributed by atoms with Gasteiger partial charge in [0.05, 0.1) is 3.57 Å². The second kappa shape index (κ2) is 5.41. The number of hydrogen-bond donors (Lipinski definition) is 2. The van der Waals surface area contributed by atoms with E-state index < -0.39 is 0 Å². The molecule has 0 fully saturated rings. The van der Waals surface area contributed by atoms with Crippen molar-refractivity contribution in [2.75, 3.05) is 5.32 Å². The summed E-state index contributed by atoms with van der Waals surface area (Å²) in [5, 5.41) is 15.6. The van der Waals surface area contributed by atoms with E-state index in [-0.39, 0.29) is 11.7 Å². The monoisotopic (exact) mass is 395 g/mol. The van der Waals surface area contributed by atoms with E-state index in [0.717, 1.165) is 14.6 Å². The Labute approximate surface area is 133 Å². The van der Waals surface area contributed by atoms with Crippen molar-refractivity contribution in [3.05, 3.63) is 57.0 Å². The molecule has 1 aromatic heterocycles. The summed E-state index contributed by atoms with van der Waals surface area (Å²) in [4.78, 5) is 12.1. The van der Waals surface area contributed by atoms with Crippen LogP contribution in [0.1, 0.15) is 10.4 Å². The minimum absolute atomic E-state index is 0.117. The van der Waals surface area contributed by atoms with E-state index in [1.165, 1.54) is 10.8 Å². The molecule has 0 aliphatic rings. The summed E-state index contributed by atoms with van der Waals surface area (Å²) in [6, 6.07) is 12.7. The molecule has 2 aromatic carbocycles. The highest BCUT2D eigenvalue weighted by molar-refractivity contribution is 14.1. The van der Waals surface area contributed by atoms with E-state index in [1.807, 2.05) is 52.2 Å². The zero-order chi connectivity index (χ0) is 14.1. The van der Waals surface area contributed by atoms with Gasteiger partial charge in [-0.05, 0) is 75.8 Å². The normalized spacial score (nSPS) is 10.7. The van der Waals surface area contributed by atoms with E-state index in [4.69, 9.17) is 0 Å². The molecule has 0 unspecified atom stereocenters. The Morgan fingerprint density at radius 3 is 2.80 bits per heavy atom. The van der Waals surface area contributed by atoms with Crippen LogP contribution in [0.3, 0.4) is 0 Å². The Morgan fingerprint density at radius 1 is 1.15 bits per heavy atom. The highest BCUT2D eigenvalue weighted by Gasteiger charge is 2.09. The van der Waals surface area contributed by atoms with E-state index in [1.54, 1.807) is 23.5 Å². The van der Waals surface area contributed by atoms with Crippen LogP contribution in [0.2, 0.25) is 0 Å². The third-order valence-corrected chi connectivity index (χ3v) is 4.73. The standard InChI is InChI=1S/C15H10INO2S/c16-12-3-1-10(8-13(12)18)15(19)17-11-2-4-14-9(7-11)5-6-20-14/h1-8,18H,(H,17,19). The first-order valence-corrected chi connectivity index (χ1v) is 7.86. The number of carbonyl (C=O) groups excluding carboxylic acids is 1. The van der Waals surface area contributed by atoms with Gasteiger partial charge in [-0.25, -0.2) is 0 Å². The number of halogens is 1. The molecule has 100 valence electrons. The number of carbonyl (C=O) groups is 1. The molecule has 20 heavy (non-hydrogen) atoms. The number of rotatable bonds is 2. The van der Waals surface area contributed by atoms with Crippen molar-refractivity contribution < 1.29 is 9.90 Å². The highest BCUT2D eigenvalue weighted by atomic mass is 127. The van der Waals surface area contributed by atoms with Gasteiger partial charge in [0.15, 0.2) is 0 Å². The second-order valence-electron chi connectivity index (χ2n) is 4.29. The average molecular weight is 395 g/mol. The Morgan fingerprint density at radius 2 is 2.00 bits per heavy atom. The zero-order valence-corrected chi connectivity index (χ0v) is 13.2. The molecule has 1 amide bonds. The number of aromatic hydroxyl groups is 1. The largest absolute Gasteiger partial charge is 0.507 e. The lowest BCUT2D eigenvalue weighted by molar-refractivity contribution is 0.102. The van der Waals surface area contributed by atoms with Gasteiger partial charge in [0.25, 0.3) is 5.91 Å². The van der Waals surface area contributed by atoms with E-state index in [0.29, 0.717) is 5.56 Å². The molecular weight excluding hydrogens is 385 g/mol. The minimum atomic E-state index is -0.230. The first kappa shape index (κ1) is 13.4. The summed E-state index contributed by atoms with van der Waals surface area (Å²) >= 11 is 3.68. The van der Waals surface area contributed by atoms with Crippen LogP contribution in [0.25, 0.3) is 10.1 Å². The molecule has 0 atom stereocenters. The van der Waals surface area contributed by atoms with Gasteiger partial charge < -0.3 is 10.4 Å². The minimum Gasteiger partial charge on any atom is -0.507 e. The second-order valence-corrected chi connectivity index (χ2v) is 6.40. The van der Waals surface area contributed by atoms with Gasteiger partial charge in [0, 0.05) is 16.0 Å². The van der Waals surface area contributed by atoms with E-state index in [9.17, 15) is 9.90 Å². The smallest absolute Gasteiger partial charge is 0.255 e. The Hall–Kier alpha value is -1.60. The Balaban J connectivity index is 1.85. The molecule has 3 aromatic rings. The molecule has 0 radical (unpaired) electrons. The number of hydrogen-bond acceptors (Lipinski definition) is 3. The molecule has 0 aliphatic carbocycles. The van der Waals surface area contributed by atoms with Crippen molar-refractivity contribution in [2.24, 2.45) is 0 Å². The fraction of sp³-hybridized carbons (Fsp3) is 0. The number of amides is 1. The number of thiophene rings is 1. The number of anilines is 1. The molecule has 2 N–H and O–H groups in total. The van der Waals surface area contributed by atoms with Crippen LogP contribution in [0, 0.1) is 3.57 Å². The van der Waals surface area contributed by atoms with E-state index in [2.05, 4.69) is 5.32 Å². The molecular formula is C15H10INO2S. The SMILES string of the molecule is O=C(Nc1ccc2sccc2c1)c1ccc(I)c(O)c1. The third kappa shape index (κ3) is 2.64. The summed E-state index contributed by atoms with van der Waals surface area (Å²) in [6.07, 6.45) is 0. The first-order valence-electron chi connectivity index (χ1n) is 5.90. The Kier molecular flexibility index (Phi) is 3.62. The molecule has 3 rings (SSSR count). The van der Waals surface area contributed by atoms with Crippen LogP contribution < -0.4 is 5.32 Å². The highest BCUT2D eigenvalue weighted by Crippen LogP contribution is 2.25. The van der Waals surface area contributed by atoms with Gasteiger partial charge in [-0.15, -0.1) is 11.3 Å². The summed E-state index contributed by atoms with van der Waals surface area (Å²) < 4.78 is 1.91.